The van der Waals surface area contributed by atoms with Gasteiger partial charge in [-0.1, -0.05) is 26.8 Å². The van der Waals surface area contributed by atoms with Gasteiger partial charge in [-0.2, -0.15) is 0 Å². The van der Waals surface area contributed by atoms with Crippen LogP contribution in [0, 0.1) is 0 Å². The maximum absolute atomic E-state index is 12.3. The van der Waals surface area contributed by atoms with Crippen LogP contribution in [-0.4, -0.2) is 25.9 Å². The predicted octanol–water partition coefficient (Wildman–Crippen LogP) is 4.73. The minimum Gasteiger partial charge on any atom is -0.497 e. The summed E-state index contributed by atoms with van der Waals surface area (Å²) in [5.41, 5.74) is 1.85. The highest BCUT2D eigenvalue weighted by atomic mass is 32.2. The fourth-order valence-electron chi connectivity index (χ4n) is 2.28. The zero-order chi connectivity index (χ0) is 18.4. The van der Waals surface area contributed by atoms with Gasteiger partial charge in [0.25, 0.3) is 0 Å². The van der Waals surface area contributed by atoms with Gasteiger partial charge in [0, 0.05) is 4.90 Å². The molecule has 2 aromatic rings. The lowest BCUT2D eigenvalue weighted by Gasteiger charge is -2.21. The van der Waals surface area contributed by atoms with E-state index >= 15 is 0 Å². The molecule has 1 N–H and O–H groups in total. The number of nitrogens with one attached hydrogen (secondary N) is 1. The summed E-state index contributed by atoms with van der Waals surface area (Å²) in [5.74, 6) is 1.73. The lowest BCUT2D eigenvalue weighted by molar-refractivity contribution is -0.113. The first-order chi connectivity index (χ1) is 11.8. The molecule has 5 heteroatoms. The van der Waals surface area contributed by atoms with Crippen molar-refractivity contribution in [3.05, 3.63) is 48.0 Å². The Hall–Kier alpha value is -2.14. The highest BCUT2D eigenvalue weighted by Gasteiger charge is 2.17. The summed E-state index contributed by atoms with van der Waals surface area (Å²) in [6.45, 7) is 6.42. The summed E-state index contributed by atoms with van der Waals surface area (Å²) < 4.78 is 10.5. The zero-order valence-corrected chi connectivity index (χ0v) is 16.2. The van der Waals surface area contributed by atoms with E-state index in [0.29, 0.717) is 17.2 Å². The number of hydrogen-bond donors (Lipinski definition) is 1. The molecule has 0 radical (unpaired) electrons. The molecule has 2 rings (SSSR count). The van der Waals surface area contributed by atoms with Crippen molar-refractivity contribution in [1.82, 2.24) is 0 Å². The van der Waals surface area contributed by atoms with E-state index in [2.05, 4.69) is 26.1 Å². The fourth-order valence-corrected chi connectivity index (χ4v) is 2.98. The van der Waals surface area contributed by atoms with Crippen LogP contribution < -0.4 is 14.8 Å². The Morgan fingerprint density at radius 3 is 2.28 bits per heavy atom. The molecule has 134 valence electrons. The van der Waals surface area contributed by atoms with Crippen LogP contribution in [0.1, 0.15) is 26.3 Å². The lowest BCUT2D eigenvalue weighted by atomic mass is 9.87. The molecule has 0 saturated carbocycles. The second kappa shape index (κ2) is 8.30. The number of carbonyl (C=O) groups excluding carboxylic acids is 1. The summed E-state index contributed by atoms with van der Waals surface area (Å²) in [4.78, 5) is 13.3. The van der Waals surface area contributed by atoms with Crippen molar-refractivity contribution in [1.29, 1.82) is 0 Å². The third-order valence-electron chi connectivity index (χ3n) is 3.77. The number of anilines is 1. The molecular weight excluding hydrogens is 334 g/mol. The molecule has 0 saturated heterocycles. The van der Waals surface area contributed by atoms with Crippen LogP contribution in [0.25, 0.3) is 0 Å². The number of ether oxygens (including phenoxy) is 2. The number of rotatable bonds is 6. The van der Waals surface area contributed by atoms with Crippen LogP contribution in [0.4, 0.5) is 5.69 Å². The third kappa shape index (κ3) is 5.43. The average molecular weight is 359 g/mol. The van der Waals surface area contributed by atoms with Crippen LogP contribution >= 0.6 is 11.8 Å². The number of benzene rings is 2. The van der Waals surface area contributed by atoms with Gasteiger partial charge in [0.15, 0.2) is 0 Å². The molecule has 25 heavy (non-hydrogen) atoms. The van der Waals surface area contributed by atoms with Gasteiger partial charge in [-0.3, -0.25) is 4.79 Å². The van der Waals surface area contributed by atoms with Crippen molar-refractivity contribution < 1.29 is 14.3 Å². The third-order valence-corrected chi connectivity index (χ3v) is 4.78. The number of hydrogen-bond acceptors (Lipinski definition) is 4. The summed E-state index contributed by atoms with van der Waals surface area (Å²) in [6, 6.07) is 13.6. The van der Waals surface area contributed by atoms with E-state index in [0.717, 1.165) is 16.2 Å². The first kappa shape index (κ1) is 19.2. The van der Waals surface area contributed by atoms with Gasteiger partial charge in [-0.25, -0.2) is 0 Å². The second-order valence-electron chi connectivity index (χ2n) is 6.68. The highest BCUT2D eigenvalue weighted by Crippen LogP contribution is 2.31. The molecule has 0 aliphatic carbocycles. The van der Waals surface area contributed by atoms with Crippen molar-refractivity contribution in [2.24, 2.45) is 0 Å². The Labute approximate surface area is 153 Å². The SMILES string of the molecule is COc1ccc(SCC(=O)Nc2cc(C(C)(C)C)ccc2OC)cc1. The van der Waals surface area contributed by atoms with E-state index in [1.807, 2.05) is 42.5 Å². The first-order valence-corrected chi connectivity index (χ1v) is 9.07. The number of carbonyl (C=O) groups is 1. The smallest absolute Gasteiger partial charge is 0.234 e. The minimum absolute atomic E-state index is 0.00357. The summed E-state index contributed by atoms with van der Waals surface area (Å²) in [5, 5.41) is 2.96. The highest BCUT2D eigenvalue weighted by molar-refractivity contribution is 8.00. The molecule has 0 aromatic heterocycles. The van der Waals surface area contributed by atoms with E-state index in [9.17, 15) is 4.79 Å². The van der Waals surface area contributed by atoms with Gasteiger partial charge in [-0.05, 0) is 47.4 Å². The van der Waals surface area contributed by atoms with Crippen LogP contribution in [0.2, 0.25) is 0 Å². The van der Waals surface area contributed by atoms with E-state index in [1.165, 1.54) is 11.8 Å². The van der Waals surface area contributed by atoms with Crippen LogP contribution in [0.15, 0.2) is 47.4 Å². The standard InChI is InChI=1S/C20H25NO3S/c1-20(2,3)14-6-11-18(24-5)17(12-14)21-19(22)13-25-16-9-7-15(23-4)8-10-16/h6-12H,13H2,1-5H3,(H,21,22). The van der Waals surface area contributed by atoms with Crippen LogP contribution in [0.5, 0.6) is 11.5 Å². The molecule has 0 fully saturated rings. The molecule has 0 aliphatic heterocycles. The Morgan fingerprint density at radius 2 is 1.72 bits per heavy atom. The van der Waals surface area contributed by atoms with Gasteiger partial charge in [0.05, 0.1) is 25.7 Å². The molecular formula is C20H25NO3S. The Balaban J connectivity index is 2.03. The molecule has 0 atom stereocenters. The van der Waals surface area contributed by atoms with Crippen molar-refractivity contribution in [3.8, 4) is 11.5 Å². The molecule has 2 aromatic carbocycles. The Kier molecular flexibility index (Phi) is 6.37. The van der Waals surface area contributed by atoms with Gasteiger partial charge in [0.1, 0.15) is 11.5 Å². The van der Waals surface area contributed by atoms with Gasteiger partial charge in [0.2, 0.25) is 5.91 Å². The molecule has 4 nitrogen and oxygen atoms in total. The van der Waals surface area contributed by atoms with Crippen molar-refractivity contribution >= 4 is 23.4 Å². The van der Waals surface area contributed by atoms with Gasteiger partial charge in [-0.15, -0.1) is 11.8 Å². The van der Waals surface area contributed by atoms with Crippen molar-refractivity contribution in [2.75, 3.05) is 25.3 Å². The topological polar surface area (TPSA) is 47.6 Å². The zero-order valence-electron chi connectivity index (χ0n) is 15.4. The molecule has 0 heterocycles. The van der Waals surface area contributed by atoms with E-state index < -0.39 is 0 Å². The van der Waals surface area contributed by atoms with Crippen molar-refractivity contribution in [3.63, 3.8) is 0 Å². The van der Waals surface area contributed by atoms with Gasteiger partial charge >= 0.3 is 0 Å². The minimum atomic E-state index is -0.0647. The maximum Gasteiger partial charge on any atom is 0.234 e. The number of thioether (sulfide) groups is 1. The Morgan fingerprint density at radius 1 is 1.04 bits per heavy atom. The molecule has 1 amide bonds. The molecule has 0 aliphatic rings. The van der Waals surface area contributed by atoms with E-state index in [-0.39, 0.29) is 11.3 Å². The normalized spacial score (nSPS) is 11.1. The molecule has 0 bridgehead atoms. The molecule has 0 unspecified atom stereocenters. The quantitative estimate of drug-likeness (QED) is 0.757. The predicted molar refractivity (Wildman–Crippen MR) is 104 cm³/mol. The van der Waals surface area contributed by atoms with Gasteiger partial charge < -0.3 is 14.8 Å². The second-order valence-corrected chi connectivity index (χ2v) is 7.73. The number of methoxy groups -OCH3 is 2. The van der Waals surface area contributed by atoms with Crippen LogP contribution in [-0.2, 0) is 10.2 Å². The van der Waals surface area contributed by atoms with E-state index in [1.54, 1.807) is 14.2 Å². The Bertz CT molecular complexity index is 721. The fraction of sp³-hybridized carbons (Fsp3) is 0.350. The van der Waals surface area contributed by atoms with Crippen molar-refractivity contribution in [2.45, 2.75) is 31.1 Å². The lowest BCUT2D eigenvalue weighted by Crippen LogP contribution is -2.16. The largest absolute Gasteiger partial charge is 0.497 e. The first-order valence-electron chi connectivity index (χ1n) is 8.08. The van der Waals surface area contributed by atoms with E-state index in [4.69, 9.17) is 9.47 Å². The monoisotopic (exact) mass is 359 g/mol. The number of amides is 1. The molecule has 0 spiro atoms. The summed E-state index contributed by atoms with van der Waals surface area (Å²) >= 11 is 1.48. The van der Waals surface area contributed by atoms with Crippen LogP contribution in [0.3, 0.4) is 0 Å². The average Bonchev–Trinajstić information content (AvgIpc) is 2.59. The maximum atomic E-state index is 12.3. The summed E-state index contributed by atoms with van der Waals surface area (Å²) in [6.07, 6.45) is 0. The summed E-state index contributed by atoms with van der Waals surface area (Å²) in [7, 11) is 3.24.